The molecule has 0 unspecified atom stereocenters. The van der Waals surface area contributed by atoms with E-state index in [2.05, 4.69) is 38.4 Å². The lowest BCUT2D eigenvalue weighted by atomic mass is 9.12. The van der Waals surface area contributed by atoms with E-state index in [1.807, 2.05) is 6.07 Å². The molecule has 0 fully saturated rings. The van der Waals surface area contributed by atoms with Gasteiger partial charge in [0.25, 0.3) is 0 Å². The molecule has 5 rings (SSSR count). The number of phenols is 1. The molecule has 0 spiro atoms. The number of benzene rings is 5. The van der Waals surface area contributed by atoms with Gasteiger partial charge in [-0.1, -0.05) is 30.3 Å². The summed E-state index contributed by atoms with van der Waals surface area (Å²) in [6.07, 6.45) is -5.84. The molecule has 0 amide bonds. The van der Waals surface area contributed by atoms with E-state index in [1.165, 1.54) is 10.6 Å². The van der Waals surface area contributed by atoms with E-state index < -0.39 is 121 Å². The van der Waals surface area contributed by atoms with Gasteiger partial charge in [0.1, 0.15) is 52.5 Å². The molecule has 2 N–H and O–H groups in total. The van der Waals surface area contributed by atoms with Crippen molar-refractivity contribution in [1.82, 2.24) is 0 Å². The highest BCUT2D eigenvalue weighted by atomic mass is 19.2. The normalized spacial score (nSPS) is 11.6. The predicted molar refractivity (Wildman–Crippen MR) is 150 cm³/mol. The minimum Gasteiger partial charge on any atom is -0.508 e. The predicted octanol–water partition coefficient (Wildman–Crippen LogP) is 5.32. The molecule has 0 radical (unpaired) electrons. The summed E-state index contributed by atoms with van der Waals surface area (Å²) >= 11 is 0. The molecule has 0 aromatic heterocycles. The fourth-order valence-corrected chi connectivity index (χ4v) is 5.47. The molecule has 0 saturated heterocycles. The number of rotatable bonds is 5. The van der Waals surface area contributed by atoms with Crippen molar-refractivity contribution in [2.45, 2.75) is 0 Å². The van der Waals surface area contributed by atoms with Crippen LogP contribution in [0.1, 0.15) is 0 Å². The molecule has 0 aliphatic heterocycles. The van der Waals surface area contributed by atoms with E-state index in [9.17, 15) is 44.6 Å². The molecular weight excluding hydrogens is 710 g/mol. The summed E-state index contributed by atoms with van der Waals surface area (Å²) in [5.74, 6) is -47.1. The monoisotopic (exact) mass is 727 g/mol. The maximum absolute atomic E-state index is 15.4. The lowest BCUT2D eigenvalue weighted by Gasteiger charge is -2.44. The third-order valence-corrected chi connectivity index (χ3v) is 7.77. The molecular formula is C32H17BF15NO. The second-order valence-corrected chi connectivity index (χ2v) is 10.8. The number of para-hydroxylation sites is 1. The van der Waals surface area contributed by atoms with Crippen molar-refractivity contribution in [1.29, 1.82) is 0 Å². The van der Waals surface area contributed by atoms with Crippen LogP contribution in [0.5, 0.6) is 5.75 Å². The molecule has 5 aromatic rings. The Kier molecular flexibility index (Phi) is 10.6. The zero-order valence-corrected chi connectivity index (χ0v) is 24.9. The molecule has 264 valence electrons. The Hall–Kier alpha value is -5.13. The molecule has 5 aromatic carbocycles. The SMILES string of the molecule is C[NH+](C)c1ccccc1.Oc1ccc([B-](c2c(F)c(F)c(F)c(F)c2F)(c2c(F)c(F)c(F)c(F)c2F)c2c(F)c(F)c(F)c(F)c2F)cc1. The molecule has 2 nitrogen and oxygen atoms in total. The Morgan fingerprint density at radius 2 is 0.640 bits per heavy atom. The molecule has 0 aliphatic carbocycles. The van der Waals surface area contributed by atoms with Crippen molar-refractivity contribution < 1.29 is 75.9 Å². The molecule has 50 heavy (non-hydrogen) atoms. The van der Waals surface area contributed by atoms with Gasteiger partial charge in [-0.2, -0.15) is 5.46 Å². The number of hydrogen-bond acceptors (Lipinski definition) is 1. The standard InChI is InChI=1S/C24H5BF15O.C8H11N/c26-10-7(11(27)17(33)22(38)16(10)32)25(5-1-3-6(41)4-2-5,8-12(28)18(34)23(39)19(35)13(8)29)9-14(30)20(36)24(40)21(37)15(9)31;1-9(2)8-6-4-3-5-7-8/h1-4,41H;3-7H,1-2H3/q-1;/p+1. The Morgan fingerprint density at radius 3 is 0.880 bits per heavy atom. The van der Waals surface area contributed by atoms with Crippen LogP contribution in [0, 0.1) is 87.3 Å². The highest BCUT2D eigenvalue weighted by Gasteiger charge is 2.48. The van der Waals surface area contributed by atoms with Crippen LogP contribution < -0.4 is 26.8 Å². The van der Waals surface area contributed by atoms with Gasteiger partial charge >= 0.3 is 0 Å². The summed E-state index contributed by atoms with van der Waals surface area (Å²) in [6.45, 7) is 0. The minimum atomic E-state index is -5.84. The third-order valence-electron chi connectivity index (χ3n) is 7.77. The second kappa shape index (κ2) is 14.0. The number of halogens is 15. The number of aromatic hydroxyl groups is 1. The Bertz CT molecular complexity index is 1850. The summed E-state index contributed by atoms with van der Waals surface area (Å²) in [4.78, 5) is 1.37. The Morgan fingerprint density at radius 1 is 0.380 bits per heavy atom. The van der Waals surface area contributed by atoms with Gasteiger partial charge in [0.05, 0.1) is 14.1 Å². The first-order chi connectivity index (χ1) is 23.3. The van der Waals surface area contributed by atoms with Gasteiger partial charge in [0, 0.05) is 0 Å². The summed E-state index contributed by atoms with van der Waals surface area (Å²) in [7, 11) is 4.24. The first-order valence-corrected chi connectivity index (χ1v) is 13.7. The summed E-state index contributed by atoms with van der Waals surface area (Å²) in [5.41, 5.74) is -8.47. The van der Waals surface area contributed by atoms with E-state index >= 15 is 26.3 Å². The van der Waals surface area contributed by atoms with Gasteiger partial charge in [-0.05, 0) is 24.3 Å². The van der Waals surface area contributed by atoms with E-state index in [-0.39, 0.29) is 12.1 Å². The van der Waals surface area contributed by atoms with Crippen LogP contribution in [-0.4, -0.2) is 25.3 Å². The average Bonchev–Trinajstić information content (AvgIpc) is 3.10. The van der Waals surface area contributed by atoms with Crippen LogP contribution in [-0.2, 0) is 0 Å². The zero-order valence-electron chi connectivity index (χ0n) is 24.9. The lowest BCUT2D eigenvalue weighted by molar-refractivity contribution is -0.786. The maximum Gasteiger partial charge on any atom is 0.200 e. The van der Waals surface area contributed by atoms with Gasteiger partial charge in [-0.25, -0.2) is 65.9 Å². The minimum absolute atomic E-state index is 0.184. The van der Waals surface area contributed by atoms with Crippen molar-refractivity contribution in [3.63, 3.8) is 0 Å². The van der Waals surface area contributed by atoms with Gasteiger partial charge in [-0.3, -0.25) is 0 Å². The summed E-state index contributed by atoms with van der Waals surface area (Å²) < 4.78 is 220. The van der Waals surface area contributed by atoms with Gasteiger partial charge in [0.2, 0.25) is 0 Å². The van der Waals surface area contributed by atoms with Gasteiger partial charge in [0.15, 0.2) is 52.4 Å². The fourth-order valence-electron chi connectivity index (χ4n) is 5.47. The van der Waals surface area contributed by atoms with Crippen LogP contribution in [0.3, 0.4) is 0 Å². The van der Waals surface area contributed by atoms with Crippen LogP contribution >= 0.6 is 0 Å². The third kappa shape index (κ3) is 5.90. The van der Waals surface area contributed by atoms with Crippen LogP contribution in [0.4, 0.5) is 71.5 Å². The van der Waals surface area contributed by atoms with Crippen LogP contribution in [0.15, 0.2) is 54.6 Å². The van der Waals surface area contributed by atoms with Crippen molar-refractivity contribution in [3.05, 3.63) is 142 Å². The topological polar surface area (TPSA) is 24.7 Å². The smallest absolute Gasteiger partial charge is 0.200 e. The molecule has 0 aliphatic rings. The largest absolute Gasteiger partial charge is 0.508 e. The van der Waals surface area contributed by atoms with Crippen LogP contribution in [0.2, 0.25) is 0 Å². The van der Waals surface area contributed by atoms with Crippen molar-refractivity contribution in [2.75, 3.05) is 14.1 Å². The first kappa shape index (κ1) is 37.7. The highest BCUT2D eigenvalue weighted by molar-refractivity contribution is 7.20. The fraction of sp³-hybridized carbons (Fsp3) is 0.0625. The zero-order chi connectivity index (χ0) is 37.6. The van der Waals surface area contributed by atoms with E-state index in [0.717, 1.165) is 0 Å². The van der Waals surface area contributed by atoms with E-state index in [1.54, 1.807) is 0 Å². The van der Waals surface area contributed by atoms with E-state index in [0.29, 0.717) is 12.1 Å². The number of nitrogens with one attached hydrogen (secondary N) is 1. The molecule has 0 bridgehead atoms. The number of phenolic OH excluding ortho intramolecular Hbond substituents is 1. The quantitative estimate of drug-likeness (QED) is 0.109. The number of quaternary nitrogens is 1. The average molecular weight is 727 g/mol. The highest BCUT2D eigenvalue weighted by Crippen LogP contribution is 2.28. The van der Waals surface area contributed by atoms with Crippen molar-refractivity contribution in [2.24, 2.45) is 0 Å². The van der Waals surface area contributed by atoms with Crippen molar-refractivity contribution >= 4 is 33.7 Å². The summed E-state index contributed by atoms with van der Waals surface area (Å²) in [6, 6.07) is 11.5. The second-order valence-electron chi connectivity index (χ2n) is 10.8. The molecule has 18 heteroatoms. The summed E-state index contributed by atoms with van der Waals surface area (Å²) in [5, 5.41) is 9.59. The number of hydrogen-bond donors (Lipinski definition) is 2. The lowest BCUT2D eigenvalue weighted by Crippen LogP contribution is -3.00. The first-order valence-electron chi connectivity index (χ1n) is 13.7. The van der Waals surface area contributed by atoms with Gasteiger partial charge < -0.3 is 10.0 Å². The Balaban J connectivity index is 0.000000541. The molecule has 0 saturated carbocycles. The molecule has 0 atom stereocenters. The molecule has 0 heterocycles. The Labute approximate surface area is 271 Å². The van der Waals surface area contributed by atoms with Crippen LogP contribution in [0.25, 0.3) is 0 Å². The van der Waals surface area contributed by atoms with E-state index in [4.69, 9.17) is 0 Å². The maximum atomic E-state index is 15.4. The van der Waals surface area contributed by atoms with Gasteiger partial charge in [-0.15, -0.1) is 16.4 Å². The van der Waals surface area contributed by atoms with Crippen molar-refractivity contribution in [3.8, 4) is 5.75 Å².